The average molecular weight is 339 g/mol. The lowest BCUT2D eigenvalue weighted by molar-refractivity contribution is -0.121. The lowest BCUT2D eigenvalue weighted by Gasteiger charge is -2.20. The highest BCUT2D eigenvalue weighted by molar-refractivity contribution is 7.92. The van der Waals surface area contributed by atoms with Gasteiger partial charge in [-0.1, -0.05) is 13.0 Å². The number of rotatable bonds is 5. The van der Waals surface area contributed by atoms with E-state index < -0.39 is 21.0 Å². The van der Waals surface area contributed by atoms with Gasteiger partial charge in [-0.15, -0.1) is 0 Å². The molecule has 0 aromatic heterocycles. The third-order valence-corrected chi connectivity index (χ3v) is 5.72. The van der Waals surface area contributed by atoms with Crippen LogP contribution >= 0.6 is 0 Å². The molecule has 1 heterocycles. The molecule has 2 atom stereocenters. The lowest BCUT2D eigenvalue weighted by atomic mass is 9.97. The Hall–Kier alpha value is -1.56. The van der Waals surface area contributed by atoms with Crippen LogP contribution in [0.3, 0.4) is 0 Å². The van der Waals surface area contributed by atoms with Gasteiger partial charge in [-0.3, -0.25) is 4.79 Å². The Balaban J connectivity index is 2.18. The van der Waals surface area contributed by atoms with Crippen molar-refractivity contribution >= 4 is 15.7 Å². The van der Waals surface area contributed by atoms with Crippen LogP contribution in [-0.4, -0.2) is 31.4 Å². The molecule has 1 aromatic carbocycles. The molecule has 6 heteroatoms. The van der Waals surface area contributed by atoms with Gasteiger partial charge < -0.3 is 10.1 Å². The van der Waals surface area contributed by atoms with E-state index in [1.807, 2.05) is 39.0 Å². The number of benzene rings is 1. The molecule has 0 aliphatic carbocycles. The van der Waals surface area contributed by atoms with Gasteiger partial charge in [-0.25, -0.2) is 8.42 Å². The number of carbonyl (C=O) groups excluding carboxylic acids is 1. The van der Waals surface area contributed by atoms with Crippen LogP contribution in [0.15, 0.2) is 18.2 Å². The number of hydrogen-bond acceptors (Lipinski definition) is 4. The van der Waals surface area contributed by atoms with E-state index in [0.717, 1.165) is 29.6 Å². The molecule has 23 heavy (non-hydrogen) atoms. The Morgan fingerprint density at radius 3 is 2.61 bits per heavy atom. The fourth-order valence-corrected chi connectivity index (χ4v) is 3.21. The maximum Gasteiger partial charge on any atom is 0.238 e. The molecule has 0 saturated heterocycles. The predicted molar refractivity (Wildman–Crippen MR) is 90.3 cm³/mol. The molecule has 5 nitrogen and oxygen atoms in total. The van der Waals surface area contributed by atoms with Crippen molar-refractivity contribution in [2.45, 2.75) is 57.4 Å². The predicted octanol–water partition coefficient (Wildman–Crippen LogP) is 2.40. The van der Waals surface area contributed by atoms with Crippen LogP contribution < -0.4 is 10.1 Å². The van der Waals surface area contributed by atoms with E-state index in [-0.39, 0.29) is 11.6 Å². The minimum atomic E-state index is -3.40. The second kappa shape index (κ2) is 6.15. The zero-order chi connectivity index (χ0) is 17.4. The Morgan fingerprint density at radius 2 is 2.04 bits per heavy atom. The van der Waals surface area contributed by atoms with E-state index in [1.54, 1.807) is 0 Å². The fourth-order valence-electron chi connectivity index (χ4n) is 2.75. The molecule has 0 radical (unpaired) electrons. The topological polar surface area (TPSA) is 72.5 Å². The smallest absolute Gasteiger partial charge is 0.238 e. The number of hydrogen-bond donors (Lipinski definition) is 1. The zero-order valence-corrected chi connectivity index (χ0v) is 15.2. The van der Waals surface area contributed by atoms with Crippen LogP contribution in [-0.2, 0) is 21.1 Å². The number of ether oxygens (including phenoxy) is 1. The molecular weight excluding hydrogens is 314 g/mol. The molecule has 0 fully saturated rings. The highest BCUT2D eigenvalue weighted by Crippen LogP contribution is 2.36. The quantitative estimate of drug-likeness (QED) is 0.894. The summed E-state index contributed by atoms with van der Waals surface area (Å²) in [5.74, 6) is 0.417. The van der Waals surface area contributed by atoms with Gasteiger partial charge in [-0.05, 0) is 50.5 Å². The van der Waals surface area contributed by atoms with E-state index in [0.29, 0.717) is 6.42 Å². The molecular formula is C17H25NO4S. The molecule has 1 aliphatic rings. The SMILES string of the molecule is CC[C@@H](NC(=O)[C@H](C)S(C)(=O)=O)c1ccc2c(c1)CC(C)(C)O2. The van der Waals surface area contributed by atoms with E-state index in [9.17, 15) is 13.2 Å². The summed E-state index contributed by atoms with van der Waals surface area (Å²) in [6, 6.07) is 5.69. The van der Waals surface area contributed by atoms with Gasteiger partial charge in [0.15, 0.2) is 9.84 Å². The van der Waals surface area contributed by atoms with E-state index in [4.69, 9.17) is 4.74 Å². The van der Waals surface area contributed by atoms with Crippen molar-refractivity contribution in [1.29, 1.82) is 0 Å². The normalized spacial score (nSPS) is 18.7. The summed E-state index contributed by atoms with van der Waals surface area (Å²) in [6.07, 6.45) is 2.58. The van der Waals surface area contributed by atoms with E-state index in [2.05, 4.69) is 5.32 Å². The van der Waals surface area contributed by atoms with E-state index in [1.165, 1.54) is 6.92 Å². The monoisotopic (exact) mass is 339 g/mol. The second-order valence-electron chi connectivity index (χ2n) is 6.85. The summed E-state index contributed by atoms with van der Waals surface area (Å²) in [4.78, 5) is 12.2. The first-order valence-electron chi connectivity index (χ1n) is 7.84. The molecule has 2 rings (SSSR count). The third-order valence-electron chi connectivity index (χ3n) is 4.23. The molecule has 1 amide bonds. The maximum atomic E-state index is 12.2. The van der Waals surface area contributed by atoms with Crippen molar-refractivity contribution in [3.05, 3.63) is 29.3 Å². The van der Waals surface area contributed by atoms with Gasteiger partial charge in [-0.2, -0.15) is 0 Å². The second-order valence-corrected chi connectivity index (χ2v) is 9.21. The van der Waals surface area contributed by atoms with Gasteiger partial charge in [0.25, 0.3) is 0 Å². The van der Waals surface area contributed by atoms with Gasteiger partial charge in [0.05, 0.1) is 6.04 Å². The number of sulfone groups is 1. The molecule has 1 aliphatic heterocycles. The molecule has 0 unspecified atom stereocenters. The molecule has 0 bridgehead atoms. The number of carbonyl (C=O) groups is 1. The first-order valence-corrected chi connectivity index (χ1v) is 9.80. The van der Waals surface area contributed by atoms with Crippen LogP contribution in [0.5, 0.6) is 5.75 Å². The van der Waals surface area contributed by atoms with Crippen LogP contribution in [0.4, 0.5) is 0 Å². The minimum absolute atomic E-state index is 0.208. The van der Waals surface area contributed by atoms with Crippen molar-refractivity contribution in [3.63, 3.8) is 0 Å². The van der Waals surface area contributed by atoms with Gasteiger partial charge in [0, 0.05) is 12.7 Å². The van der Waals surface area contributed by atoms with Crippen molar-refractivity contribution in [2.75, 3.05) is 6.26 Å². The summed E-state index contributed by atoms with van der Waals surface area (Å²) in [7, 11) is -3.40. The molecule has 128 valence electrons. The zero-order valence-electron chi connectivity index (χ0n) is 14.3. The average Bonchev–Trinajstić information content (AvgIpc) is 2.75. The summed E-state index contributed by atoms with van der Waals surface area (Å²) >= 11 is 0. The molecule has 1 aromatic rings. The Kier molecular flexibility index (Phi) is 4.76. The van der Waals surface area contributed by atoms with Gasteiger partial charge in [0.1, 0.15) is 16.6 Å². The third kappa shape index (κ3) is 4.05. The summed E-state index contributed by atoms with van der Waals surface area (Å²) in [6.45, 7) is 7.46. The largest absolute Gasteiger partial charge is 0.487 e. The van der Waals surface area contributed by atoms with Crippen LogP contribution in [0.25, 0.3) is 0 Å². The maximum absolute atomic E-state index is 12.2. The highest BCUT2D eigenvalue weighted by atomic mass is 32.2. The summed E-state index contributed by atoms with van der Waals surface area (Å²) < 4.78 is 28.9. The number of amides is 1. The standard InChI is InChI=1S/C17H25NO4S/c1-6-14(18-16(19)11(2)23(5,20)21)12-7-8-15-13(9-12)10-17(3,4)22-15/h7-9,11,14H,6,10H2,1-5H3,(H,18,19)/t11-,14+/m0/s1. The summed E-state index contributed by atoms with van der Waals surface area (Å²) in [5, 5.41) is 1.79. The van der Waals surface area contributed by atoms with Crippen LogP contribution in [0.2, 0.25) is 0 Å². The molecule has 1 N–H and O–H groups in total. The van der Waals surface area contributed by atoms with Crippen molar-refractivity contribution < 1.29 is 17.9 Å². The van der Waals surface area contributed by atoms with Crippen molar-refractivity contribution in [1.82, 2.24) is 5.32 Å². The highest BCUT2D eigenvalue weighted by Gasteiger charge is 2.31. The number of fused-ring (bicyclic) bond motifs is 1. The fraction of sp³-hybridized carbons (Fsp3) is 0.588. The van der Waals surface area contributed by atoms with Crippen LogP contribution in [0.1, 0.15) is 51.3 Å². The Morgan fingerprint density at radius 1 is 1.39 bits per heavy atom. The van der Waals surface area contributed by atoms with Crippen LogP contribution in [0, 0.1) is 0 Å². The molecule has 0 spiro atoms. The van der Waals surface area contributed by atoms with E-state index >= 15 is 0 Å². The Bertz CT molecular complexity index is 709. The van der Waals surface area contributed by atoms with Crippen molar-refractivity contribution in [3.8, 4) is 5.75 Å². The lowest BCUT2D eigenvalue weighted by Crippen LogP contribution is -2.39. The first-order chi connectivity index (χ1) is 10.5. The van der Waals surface area contributed by atoms with Gasteiger partial charge >= 0.3 is 0 Å². The van der Waals surface area contributed by atoms with Crippen molar-refractivity contribution in [2.24, 2.45) is 0 Å². The Labute approximate surface area is 138 Å². The van der Waals surface area contributed by atoms with Gasteiger partial charge in [0.2, 0.25) is 5.91 Å². The first kappa shape index (κ1) is 17.8. The minimum Gasteiger partial charge on any atom is -0.487 e. The summed E-state index contributed by atoms with van der Waals surface area (Å²) in [5.41, 5.74) is 1.88. The molecule has 0 saturated carbocycles. The number of nitrogens with one attached hydrogen (secondary N) is 1.